The summed E-state index contributed by atoms with van der Waals surface area (Å²) in [6, 6.07) is 17.4. The van der Waals surface area contributed by atoms with Crippen LogP contribution in [0.1, 0.15) is 23.6 Å². The van der Waals surface area contributed by atoms with Crippen LogP contribution in [0.25, 0.3) is 0 Å². The van der Waals surface area contributed by atoms with Crippen molar-refractivity contribution >= 4 is 17.6 Å². The van der Waals surface area contributed by atoms with E-state index in [1.165, 1.54) is 14.2 Å². The molecule has 0 saturated carbocycles. The third-order valence-corrected chi connectivity index (χ3v) is 4.75. The maximum Gasteiger partial charge on any atom is 0.343 e. The van der Waals surface area contributed by atoms with Crippen molar-refractivity contribution in [2.75, 3.05) is 19.1 Å². The number of esters is 2. The molecule has 1 fully saturated rings. The maximum atomic E-state index is 12.6. The number of benzene rings is 2. The number of methoxy groups -OCH3 is 2. The van der Waals surface area contributed by atoms with Crippen molar-refractivity contribution in [2.45, 2.75) is 24.9 Å². The lowest BCUT2D eigenvalue weighted by Gasteiger charge is -2.55. The Bertz CT molecular complexity index is 754. The first-order valence-electron chi connectivity index (χ1n) is 8.12. The molecule has 0 amide bonds. The highest BCUT2D eigenvalue weighted by Gasteiger charge is 2.64. The van der Waals surface area contributed by atoms with E-state index in [2.05, 4.69) is 0 Å². The monoisotopic (exact) mass is 339 g/mol. The van der Waals surface area contributed by atoms with Gasteiger partial charge in [0.15, 0.2) is 0 Å². The van der Waals surface area contributed by atoms with Crippen LogP contribution in [0.3, 0.4) is 0 Å². The van der Waals surface area contributed by atoms with Gasteiger partial charge in [0.05, 0.1) is 20.3 Å². The smallest absolute Gasteiger partial charge is 0.343 e. The number of nitrogens with zero attached hydrogens (tertiary/aromatic N) is 1. The molecule has 0 spiro atoms. The molecule has 3 rings (SSSR count). The average Bonchev–Trinajstić information content (AvgIpc) is 2.63. The zero-order chi connectivity index (χ0) is 18.0. The quantitative estimate of drug-likeness (QED) is 0.633. The minimum Gasteiger partial charge on any atom is -0.467 e. The predicted molar refractivity (Wildman–Crippen MR) is 94.2 cm³/mol. The van der Waals surface area contributed by atoms with Crippen LogP contribution in [0.5, 0.6) is 0 Å². The standard InChI is InChI=1S/C20H21NO4/c1-14-9-11-16(12-10-14)21-17(15-7-5-4-6-8-15)13-20(21,18(22)24-2)19(23)25-3/h4-12,17H,13H2,1-3H3. The van der Waals surface area contributed by atoms with Gasteiger partial charge in [-0.05, 0) is 24.6 Å². The lowest BCUT2D eigenvalue weighted by Crippen LogP contribution is -2.71. The molecule has 0 aromatic heterocycles. The Balaban J connectivity index is 2.11. The molecule has 0 bridgehead atoms. The molecule has 1 aliphatic rings. The second-order valence-electron chi connectivity index (χ2n) is 6.18. The minimum atomic E-state index is -1.46. The number of ether oxygens (including phenoxy) is 2. The molecule has 1 aliphatic heterocycles. The first kappa shape index (κ1) is 17.0. The summed E-state index contributed by atoms with van der Waals surface area (Å²) in [5.74, 6) is -1.21. The van der Waals surface area contributed by atoms with Crippen molar-refractivity contribution in [3.8, 4) is 0 Å². The lowest BCUT2D eigenvalue weighted by molar-refractivity contribution is -0.166. The second-order valence-corrected chi connectivity index (χ2v) is 6.18. The summed E-state index contributed by atoms with van der Waals surface area (Å²) < 4.78 is 9.92. The van der Waals surface area contributed by atoms with Gasteiger partial charge in [-0.25, -0.2) is 9.59 Å². The van der Waals surface area contributed by atoms with Crippen molar-refractivity contribution in [2.24, 2.45) is 0 Å². The first-order chi connectivity index (χ1) is 12.0. The van der Waals surface area contributed by atoms with E-state index in [-0.39, 0.29) is 6.04 Å². The number of carbonyl (C=O) groups excluding carboxylic acids is 2. The fraction of sp³-hybridized carbons (Fsp3) is 0.300. The highest BCUT2D eigenvalue weighted by molar-refractivity contribution is 6.10. The van der Waals surface area contributed by atoms with Crippen LogP contribution in [-0.2, 0) is 19.1 Å². The van der Waals surface area contributed by atoms with Gasteiger partial charge in [0, 0.05) is 12.1 Å². The summed E-state index contributed by atoms with van der Waals surface area (Å²) >= 11 is 0. The zero-order valence-corrected chi connectivity index (χ0v) is 14.6. The van der Waals surface area contributed by atoms with Crippen molar-refractivity contribution < 1.29 is 19.1 Å². The molecule has 0 aliphatic carbocycles. The summed E-state index contributed by atoms with van der Waals surface area (Å²) in [5.41, 5.74) is 1.45. The molecule has 2 aromatic carbocycles. The van der Waals surface area contributed by atoms with E-state index in [1.54, 1.807) is 4.90 Å². The van der Waals surface area contributed by atoms with Gasteiger partial charge >= 0.3 is 11.9 Å². The van der Waals surface area contributed by atoms with E-state index < -0.39 is 17.5 Å². The van der Waals surface area contributed by atoms with Crippen LogP contribution in [0.4, 0.5) is 5.69 Å². The third kappa shape index (κ3) is 2.65. The van der Waals surface area contributed by atoms with Crippen LogP contribution in [0, 0.1) is 6.92 Å². The molecule has 0 radical (unpaired) electrons. The van der Waals surface area contributed by atoms with E-state index in [4.69, 9.17) is 9.47 Å². The van der Waals surface area contributed by atoms with Gasteiger partial charge in [0.2, 0.25) is 5.54 Å². The number of hydrogen-bond acceptors (Lipinski definition) is 5. The van der Waals surface area contributed by atoms with E-state index >= 15 is 0 Å². The Kier molecular flexibility index (Phi) is 4.49. The van der Waals surface area contributed by atoms with Crippen molar-refractivity contribution in [3.63, 3.8) is 0 Å². The number of carbonyl (C=O) groups is 2. The molecule has 1 unspecified atom stereocenters. The van der Waals surface area contributed by atoms with Gasteiger partial charge in [-0.15, -0.1) is 0 Å². The molecule has 2 aromatic rings. The minimum absolute atomic E-state index is 0.109. The molecule has 5 nitrogen and oxygen atoms in total. The average molecular weight is 339 g/mol. The molecule has 1 heterocycles. The summed E-state index contributed by atoms with van der Waals surface area (Å²) in [4.78, 5) is 27.0. The Morgan fingerprint density at radius 2 is 1.52 bits per heavy atom. The molecule has 25 heavy (non-hydrogen) atoms. The summed E-state index contributed by atoms with van der Waals surface area (Å²) in [5, 5.41) is 0. The van der Waals surface area contributed by atoms with Crippen LogP contribution in [-0.4, -0.2) is 31.7 Å². The van der Waals surface area contributed by atoms with Crippen molar-refractivity contribution in [1.29, 1.82) is 0 Å². The molecule has 0 N–H and O–H groups in total. The van der Waals surface area contributed by atoms with Crippen LogP contribution < -0.4 is 4.90 Å². The zero-order valence-electron chi connectivity index (χ0n) is 14.6. The number of aryl methyl sites for hydroxylation is 1. The van der Waals surface area contributed by atoms with Gasteiger partial charge in [-0.1, -0.05) is 48.0 Å². The topological polar surface area (TPSA) is 55.8 Å². The first-order valence-corrected chi connectivity index (χ1v) is 8.12. The molecule has 5 heteroatoms. The summed E-state index contributed by atoms with van der Waals surface area (Å²) in [7, 11) is 2.58. The van der Waals surface area contributed by atoms with E-state index in [1.807, 2.05) is 61.5 Å². The highest BCUT2D eigenvalue weighted by Crippen LogP contribution is 2.50. The van der Waals surface area contributed by atoms with Gasteiger partial charge in [-0.2, -0.15) is 0 Å². The van der Waals surface area contributed by atoms with Crippen molar-refractivity contribution in [3.05, 3.63) is 65.7 Å². The Labute approximate surface area is 147 Å². The third-order valence-electron chi connectivity index (χ3n) is 4.75. The summed E-state index contributed by atoms with van der Waals surface area (Å²) in [6.45, 7) is 1.99. The van der Waals surface area contributed by atoms with Crippen LogP contribution >= 0.6 is 0 Å². The molecule has 1 saturated heterocycles. The van der Waals surface area contributed by atoms with Gasteiger partial charge < -0.3 is 14.4 Å². The normalized spacial score (nSPS) is 18.2. The Morgan fingerprint density at radius 1 is 0.960 bits per heavy atom. The molecular weight excluding hydrogens is 318 g/mol. The molecular formula is C20H21NO4. The maximum absolute atomic E-state index is 12.6. The van der Waals surface area contributed by atoms with Gasteiger partial charge in [0.25, 0.3) is 0 Å². The second kappa shape index (κ2) is 6.59. The largest absolute Gasteiger partial charge is 0.467 e. The summed E-state index contributed by atoms with van der Waals surface area (Å²) in [6.07, 6.45) is 0.310. The van der Waals surface area contributed by atoms with E-state index in [0.29, 0.717) is 6.42 Å². The van der Waals surface area contributed by atoms with E-state index in [0.717, 1.165) is 16.8 Å². The highest BCUT2D eigenvalue weighted by atomic mass is 16.5. The van der Waals surface area contributed by atoms with Crippen LogP contribution in [0.15, 0.2) is 54.6 Å². The van der Waals surface area contributed by atoms with E-state index in [9.17, 15) is 9.59 Å². The van der Waals surface area contributed by atoms with Crippen molar-refractivity contribution in [1.82, 2.24) is 0 Å². The van der Waals surface area contributed by atoms with Gasteiger partial charge in [0.1, 0.15) is 0 Å². The van der Waals surface area contributed by atoms with Crippen LogP contribution in [0.2, 0.25) is 0 Å². The number of hydrogen-bond donors (Lipinski definition) is 0. The fourth-order valence-electron chi connectivity index (χ4n) is 3.46. The lowest BCUT2D eigenvalue weighted by atomic mass is 9.74. The van der Waals surface area contributed by atoms with Gasteiger partial charge in [-0.3, -0.25) is 0 Å². The number of anilines is 1. The Morgan fingerprint density at radius 3 is 2.04 bits per heavy atom. The molecule has 130 valence electrons. The number of rotatable bonds is 4. The predicted octanol–water partition coefficient (Wildman–Crippen LogP) is 3.03. The fourth-order valence-corrected chi connectivity index (χ4v) is 3.46. The molecule has 1 atom stereocenters. The SMILES string of the molecule is COC(=O)C1(C(=O)OC)CC(c2ccccc2)N1c1ccc(C)cc1. The Hall–Kier alpha value is -2.82.